The summed E-state index contributed by atoms with van der Waals surface area (Å²) in [5, 5.41) is 0. The molecule has 0 aliphatic carbocycles. The Hall–Kier alpha value is -2.63. The molecule has 0 N–H and O–H groups in total. The van der Waals surface area contributed by atoms with E-state index in [0.717, 1.165) is 11.5 Å². The molecule has 3 aromatic rings. The summed E-state index contributed by atoms with van der Waals surface area (Å²) in [5.74, 6) is 1.44. The lowest BCUT2D eigenvalue weighted by atomic mass is 10.3. The standard InChI is InChI=1S/C12H8N4O2/c1-2-4-10-9(3-1)17-12(18-10)16-7-15-8-5-13-6-14-11(8)16/h1-7,12H. The maximum absolute atomic E-state index is 5.70. The summed E-state index contributed by atoms with van der Waals surface area (Å²) in [6.07, 6.45) is 4.20. The summed E-state index contributed by atoms with van der Waals surface area (Å²) in [4.78, 5) is 12.3. The number of hydrogen-bond acceptors (Lipinski definition) is 5. The quantitative estimate of drug-likeness (QED) is 0.648. The van der Waals surface area contributed by atoms with Crippen LogP contribution >= 0.6 is 0 Å². The highest BCUT2D eigenvalue weighted by Gasteiger charge is 2.26. The van der Waals surface area contributed by atoms with Crippen LogP contribution in [0.2, 0.25) is 0 Å². The van der Waals surface area contributed by atoms with E-state index in [0.29, 0.717) is 11.2 Å². The lowest BCUT2D eigenvalue weighted by Gasteiger charge is -2.11. The van der Waals surface area contributed by atoms with Gasteiger partial charge in [0.2, 0.25) is 0 Å². The minimum Gasteiger partial charge on any atom is -0.433 e. The topological polar surface area (TPSA) is 62.1 Å². The molecule has 6 heteroatoms. The zero-order valence-corrected chi connectivity index (χ0v) is 9.22. The van der Waals surface area contributed by atoms with E-state index in [4.69, 9.17) is 9.47 Å². The average Bonchev–Trinajstić information content (AvgIpc) is 3.02. The number of fused-ring (bicyclic) bond motifs is 2. The number of ether oxygens (including phenoxy) is 2. The van der Waals surface area contributed by atoms with Crippen LogP contribution in [0.4, 0.5) is 0 Å². The van der Waals surface area contributed by atoms with Crippen molar-refractivity contribution in [3.8, 4) is 11.5 Å². The van der Waals surface area contributed by atoms with Crippen LogP contribution in [-0.4, -0.2) is 19.5 Å². The molecule has 4 rings (SSSR count). The third-order valence-electron chi connectivity index (χ3n) is 2.77. The molecule has 88 valence electrons. The Bertz CT molecular complexity index is 700. The fourth-order valence-corrected chi connectivity index (χ4v) is 1.94. The van der Waals surface area contributed by atoms with E-state index >= 15 is 0 Å². The predicted molar refractivity (Wildman–Crippen MR) is 62.1 cm³/mol. The molecule has 6 nitrogen and oxygen atoms in total. The Balaban J connectivity index is 1.78. The molecule has 0 unspecified atom stereocenters. The Kier molecular flexibility index (Phi) is 1.79. The van der Waals surface area contributed by atoms with E-state index < -0.39 is 6.41 Å². The number of para-hydroxylation sites is 2. The average molecular weight is 240 g/mol. The lowest BCUT2D eigenvalue weighted by molar-refractivity contribution is -0.0148. The first kappa shape index (κ1) is 9.41. The summed E-state index contributed by atoms with van der Waals surface area (Å²) < 4.78 is 13.1. The zero-order chi connectivity index (χ0) is 11.9. The van der Waals surface area contributed by atoms with Crippen LogP contribution < -0.4 is 9.47 Å². The summed E-state index contributed by atoms with van der Waals surface area (Å²) >= 11 is 0. The molecule has 0 saturated heterocycles. The molecule has 0 bridgehead atoms. The lowest BCUT2D eigenvalue weighted by Crippen LogP contribution is -2.16. The van der Waals surface area contributed by atoms with Gasteiger partial charge in [-0.1, -0.05) is 12.1 Å². The minimum absolute atomic E-state index is 0.567. The van der Waals surface area contributed by atoms with Crippen molar-refractivity contribution in [1.29, 1.82) is 0 Å². The summed E-state index contributed by atoms with van der Waals surface area (Å²) in [6.45, 7) is 0. The Morgan fingerprint density at radius 3 is 2.61 bits per heavy atom. The van der Waals surface area contributed by atoms with Gasteiger partial charge in [-0.15, -0.1) is 0 Å². The van der Waals surface area contributed by atoms with Gasteiger partial charge < -0.3 is 9.47 Å². The van der Waals surface area contributed by atoms with Crippen molar-refractivity contribution in [2.45, 2.75) is 6.41 Å². The van der Waals surface area contributed by atoms with Crippen molar-refractivity contribution >= 4 is 11.2 Å². The highest BCUT2D eigenvalue weighted by atomic mass is 16.7. The van der Waals surface area contributed by atoms with Crippen molar-refractivity contribution < 1.29 is 9.47 Å². The molecule has 0 atom stereocenters. The van der Waals surface area contributed by atoms with Gasteiger partial charge in [0.05, 0.1) is 6.20 Å². The van der Waals surface area contributed by atoms with Crippen LogP contribution in [-0.2, 0) is 0 Å². The van der Waals surface area contributed by atoms with Gasteiger partial charge in [0.15, 0.2) is 17.1 Å². The first-order valence-corrected chi connectivity index (χ1v) is 5.47. The van der Waals surface area contributed by atoms with Crippen LogP contribution in [0.15, 0.2) is 43.1 Å². The first-order chi connectivity index (χ1) is 8.92. The maximum atomic E-state index is 5.70. The number of benzene rings is 1. The smallest absolute Gasteiger partial charge is 0.333 e. The molecule has 0 fully saturated rings. The Labute approximate surface area is 102 Å². The second kappa shape index (κ2) is 3.43. The largest absolute Gasteiger partial charge is 0.433 e. The molecule has 0 spiro atoms. The Morgan fingerprint density at radius 1 is 1.06 bits per heavy atom. The van der Waals surface area contributed by atoms with Crippen molar-refractivity contribution in [2.75, 3.05) is 0 Å². The number of nitrogens with zero attached hydrogens (tertiary/aromatic N) is 4. The summed E-state index contributed by atoms with van der Waals surface area (Å²) in [6, 6.07) is 7.53. The molecule has 2 aromatic heterocycles. The van der Waals surface area contributed by atoms with Gasteiger partial charge in [0.1, 0.15) is 18.2 Å². The van der Waals surface area contributed by atoms with Gasteiger partial charge >= 0.3 is 6.41 Å². The fraction of sp³-hybridized carbons (Fsp3) is 0.0833. The van der Waals surface area contributed by atoms with E-state index in [2.05, 4.69) is 15.0 Å². The van der Waals surface area contributed by atoms with Crippen molar-refractivity contribution in [2.24, 2.45) is 0 Å². The fourth-order valence-electron chi connectivity index (χ4n) is 1.94. The highest BCUT2D eigenvalue weighted by Crippen LogP contribution is 2.38. The predicted octanol–water partition coefficient (Wildman–Crippen LogP) is 1.75. The molecule has 0 radical (unpaired) electrons. The molecular weight excluding hydrogens is 232 g/mol. The van der Waals surface area contributed by atoms with Gasteiger partial charge in [-0.3, -0.25) is 0 Å². The van der Waals surface area contributed by atoms with Crippen molar-refractivity contribution in [3.05, 3.63) is 43.1 Å². The number of rotatable bonds is 1. The van der Waals surface area contributed by atoms with Gasteiger partial charge in [-0.2, -0.15) is 0 Å². The third kappa shape index (κ3) is 1.26. The van der Waals surface area contributed by atoms with E-state index in [9.17, 15) is 0 Å². The monoisotopic (exact) mass is 240 g/mol. The second-order valence-electron chi connectivity index (χ2n) is 3.87. The molecule has 3 heterocycles. The van der Waals surface area contributed by atoms with Crippen LogP contribution in [0.1, 0.15) is 6.41 Å². The highest BCUT2D eigenvalue weighted by molar-refractivity contribution is 5.69. The van der Waals surface area contributed by atoms with Crippen LogP contribution in [0.25, 0.3) is 11.2 Å². The molecule has 1 aliphatic heterocycles. The molecular formula is C12H8N4O2. The van der Waals surface area contributed by atoms with E-state index in [1.807, 2.05) is 24.3 Å². The molecule has 0 amide bonds. The van der Waals surface area contributed by atoms with Crippen LogP contribution in [0.5, 0.6) is 11.5 Å². The van der Waals surface area contributed by atoms with Crippen molar-refractivity contribution in [1.82, 2.24) is 19.5 Å². The van der Waals surface area contributed by atoms with E-state index in [1.54, 1.807) is 17.1 Å². The van der Waals surface area contributed by atoms with Crippen LogP contribution in [0, 0.1) is 0 Å². The number of aromatic nitrogens is 4. The molecule has 1 aromatic carbocycles. The third-order valence-corrected chi connectivity index (χ3v) is 2.77. The second-order valence-corrected chi connectivity index (χ2v) is 3.87. The number of imidazole rings is 1. The van der Waals surface area contributed by atoms with E-state index in [1.165, 1.54) is 6.33 Å². The molecule has 1 aliphatic rings. The van der Waals surface area contributed by atoms with Gasteiger partial charge in [-0.25, -0.2) is 19.5 Å². The van der Waals surface area contributed by atoms with Gasteiger partial charge in [0, 0.05) is 0 Å². The molecule has 18 heavy (non-hydrogen) atoms. The van der Waals surface area contributed by atoms with Gasteiger partial charge in [-0.05, 0) is 12.1 Å². The Morgan fingerprint density at radius 2 is 1.83 bits per heavy atom. The van der Waals surface area contributed by atoms with Gasteiger partial charge in [0.25, 0.3) is 0 Å². The molecule has 0 saturated carbocycles. The minimum atomic E-state index is -0.567. The normalized spacial score (nSPS) is 14.2. The SMILES string of the molecule is c1ccc2c(c1)OC(n1cnc3cncnc31)O2. The maximum Gasteiger partial charge on any atom is 0.333 e. The van der Waals surface area contributed by atoms with E-state index in [-0.39, 0.29) is 0 Å². The zero-order valence-electron chi connectivity index (χ0n) is 9.22. The number of hydrogen-bond donors (Lipinski definition) is 0. The first-order valence-electron chi connectivity index (χ1n) is 5.47. The van der Waals surface area contributed by atoms with Crippen LogP contribution in [0.3, 0.4) is 0 Å². The van der Waals surface area contributed by atoms with Crippen molar-refractivity contribution in [3.63, 3.8) is 0 Å². The summed E-state index contributed by atoms with van der Waals surface area (Å²) in [7, 11) is 0. The summed E-state index contributed by atoms with van der Waals surface area (Å²) in [5.41, 5.74) is 1.39.